The molecule has 1 aliphatic heterocycles. The first-order valence-corrected chi connectivity index (χ1v) is 5.72. The second-order valence-electron chi connectivity index (χ2n) is 3.52. The van der Waals surface area contributed by atoms with Gasteiger partial charge in [0.25, 0.3) is 0 Å². The largest absolute Gasteiger partial charge is 0.496 e. The fraction of sp³-hybridized carbons (Fsp3) is 0.273. The van der Waals surface area contributed by atoms with Crippen LogP contribution in [-0.4, -0.2) is 6.61 Å². The number of rotatable bonds is 3. The first kappa shape index (κ1) is 11.7. The van der Waals surface area contributed by atoms with Crippen LogP contribution in [0.4, 0.5) is 0 Å². The van der Waals surface area contributed by atoms with Gasteiger partial charge in [-0.1, -0.05) is 29.3 Å². The van der Waals surface area contributed by atoms with Crippen LogP contribution in [0.15, 0.2) is 30.0 Å². The Morgan fingerprint density at radius 2 is 2.12 bits per heavy atom. The molecule has 0 spiro atoms. The van der Waals surface area contributed by atoms with E-state index in [4.69, 9.17) is 33.8 Å². The van der Waals surface area contributed by atoms with Gasteiger partial charge in [-0.05, 0) is 23.8 Å². The Bertz CT molecular complexity index is 420. The van der Waals surface area contributed by atoms with E-state index in [1.807, 2.05) is 12.1 Å². The maximum absolute atomic E-state index is 5.96. The Kier molecular flexibility index (Phi) is 3.71. The van der Waals surface area contributed by atoms with Gasteiger partial charge in [0.05, 0.1) is 16.7 Å². The first-order chi connectivity index (χ1) is 7.72. The molecule has 0 saturated heterocycles. The Hall–Kier alpha value is -0.740. The van der Waals surface area contributed by atoms with Crippen LogP contribution in [0.5, 0.6) is 0 Å². The van der Waals surface area contributed by atoms with Gasteiger partial charge in [-0.25, -0.2) is 5.43 Å². The maximum Gasteiger partial charge on any atom is 0.115 e. The topological polar surface area (TPSA) is 47.3 Å². The molecule has 1 heterocycles. The van der Waals surface area contributed by atoms with E-state index >= 15 is 0 Å². The number of nitrogens with one attached hydrogen (secondary N) is 1. The van der Waals surface area contributed by atoms with Crippen LogP contribution in [0.1, 0.15) is 18.0 Å². The highest BCUT2D eigenvalue weighted by molar-refractivity contribution is 6.42. The lowest BCUT2D eigenvalue weighted by atomic mass is 10.1. The van der Waals surface area contributed by atoms with Crippen molar-refractivity contribution in [2.24, 2.45) is 5.84 Å². The van der Waals surface area contributed by atoms with Crippen molar-refractivity contribution in [1.29, 1.82) is 0 Å². The Labute approximate surface area is 104 Å². The molecule has 1 aromatic rings. The number of benzene rings is 1. The predicted molar refractivity (Wildman–Crippen MR) is 65.2 cm³/mol. The monoisotopic (exact) mass is 258 g/mol. The fourth-order valence-corrected chi connectivity index (χ4v) is 1.98. The molecule has 3 nitrogen and oxygen atoms in total. The molecular weight excluding hydrogens is 247 g/mol. The van der Waals surface area contributed by atoms with E-state index in [1.165, 1.54) is 0 Å². The second kappa shape index (κ2) is 5.06. The van der Waals surface area contributed by atoms with Crippen LogP contribution in [0.2, 0.25) is 10.0 Å². The number of halogens is 2. The van der Waals surface area contributed by atoms with Gasteiger partial charge in [-0.3, -0.25) is 5.84 Å². The zero-order valence-electron chi connectivity index (χ0n) is 8.54. The van der Waals surface area contributed by atoms with Crippen LogP contribution >= 0.6 is 23.2 Å². The smallest absolute Gasteiger partial charge is 0.115 e. The predicted octanol–water partition coefficient (Wildman–Crippen LogP) is 2.80. The molecule has 2 rings (SSSR count). The molecular formula is C11H12Cl2N2O. The molecule has 3 N–H and O–H groups in total. The Morgan fingerprint density at radius 3 is 2.69 bits per heavy atom. The van der Waals surface area contributed by atoms with Crippen molar-refractivity contribution in [2.45, 2.75) is 12.5 Å². The van der Waals surface area contributed by atoms with Gasteiger partial charge in [-0.15, -0.1) is 0 Å². The van der Waals surface area contributed by atoms with E-state index in [0.29, 0.717) is 16.7 Å². The zero-order valence-corrected chi connectivity index (χ0v) is 10.1. The highest BCUT2D eigenvalue weighted by atomic mass is 35.5. The van der Waals surface area contributed by atoms with Crippen LogP contribution < -0.4 is 11.3 Å². The van der Waals surface area contributed by atoms with Gasteiger partial charge in [-0.2, -0.15) is 0 Å². The van der Waals surface area contributed by atoms with Crippen LogP contribution in [0, 0.1) is 0 Å². The molecule has 1 aromatic carbocycles. The summed E-state index contributed by atoms with van der Waals surface area (Å²) in [7, 11) is 0. The van der Waals surface area contributed by atoms with Crippen LogP contribution in [0.3, 0.4) is 0 Å². The van der Waals surface area contributed by atoms with Crippen molar-refractivity contribution >= 4 is 23.2 Å². The quantitative estimate of drug-likeness (QED) is 0.648. The van der Waals surface area contributed by atoms with Crippen molar-refractivity contribution in [3.63, 3.8) is 0 Å². The minimum absolute atomic E-state index is 0.169. The molecule has 0 bridgehead atoms. The summed E-state index contributed by atoms with van der Waals surface area (Å²) in [5.41, 5.74) is 3.65. The van der Waals surface area contributed by atoms with Crippen LogP contribution in [-0.2, 0) is 4.74 Å². The number of hydrogen-bond donors (Lipinski definition) is 2. The summed E-state index contributed by atoms with van der Waals surface area (Å²) in [5.74, 6) is 6.36. The SMILES string of the molecule is NNC(C1=CCCO1)c1ccc(Cl)c(Cl)c1. The standard InChI is InChI=1S/C11H12Cl2N2O/c12-8-4-3-7(6-9(8)13)11(15-14)10-2-1-5-16-10/h2-4,6,11,15H,1,5,14H2. The number of hydrogen-bond acceptors (Lipinski definition) is 3. The normalized spacial score (nSPS) is 16.8. The molecule has 0 aromatic heterocycles. The summed E-state index contributed by atoms with van der Waals surface area (Å²) in [4.78, 5) is 0. The van der Waals surface area contributed by atoms with E-state index in [9.17, 15) is 0 Å². The third-order valence-electron chi connectivity index (χ3n) is 2.46. The van der Waals surface area contributed by atoms with E-state index in [2.05, 4.69) is 5.43 Å². The fourth-order valence-electron chi connectivity index (χ4n) is 1.67. The molecule has 86 valence electrons. The van der Waals surface area contributed by atoms with Crippen molar-refractivity contribution in [3.05, 3.63) is 45.6 Å². The molecule has 5 heteroatoms. The number of nitrogens with two attached hydrogens (primary N) is 1. The lowest BCUT2D eigenvalue weighted by molar-refractivity contribution is 0.215. The maximum atomic E-state index is 5.96. The van der Waals surface area contributed by atoms with Gasteiger partial charge >= 0.3 is 0 Å². The summed E-state index contributed by atoms with van der Waals surface area (Å²) in [6.07, 6.45) is 2.93. The summed E-state index contributed by atoms with van der Waals surface area (Å²) < 4.78 is 5.47. The molecule has 1 atom stereocenters. The molecule has 1 aliphatic rings. The molecule has 0 amide bonds. The highest BCUT2D eigenvalue weighted by Crippen LogP contribution is 2.30. The van der Waals surface area contributed by atoms with Crippen molar-refractivity contribution in [2.75, 3.05) is 6.61 Å². The van der Waals surface area contributed by atoms with Gasteiger partial charge in [0.1, 0.15) is 11.8 Å². The lowest BCUT2D eigenvalue weighted by Gasteiger charge is -2.18. The number of hydrazine groups is 1. The summed E-state index contributed by atoms with van der Waals surface area (Å²) in [6.45, 7) is 0.703. The van der Waals surface area contributed by atoms with Crippen molar-refractivity contribution in [3.8, 4) is 0 Å². The van der Waals surface area contributed by atoms with Gasteiger partial charge < -0.3 is 4.74 Å². The highest BCUT2D eigenvalue weighted by Gasteiger charge is 2.20. The Balaban J connectivity index is 2.29. The van der Waals surface area contributed by atoms with Crippen molar-refractivity contribution in [1.82, 2.24) is 5.43 Å². The van der Waals surface area contributed by atoms with Gasteiger partial charge in [0, 0.05) is 6.42 Å². The molecule has 16 heavy (non-hydrogen) atoms. The Morgan fingerprint density at radius 1 is 1.31 bits per heavy atom. The number of ether oxygens (including phenoxy) is 1. The molecule has 0 saturated carbocycles. The summed E-state index contributed by atoms with van der Waals surface area (Å²) in [5, 5.41) is 1.04. The second-order valence-corrected chi connectivity index (χ2v) is 4.33. The summed E-state index contributed by atoms with van der Waals surface area (Å²) >= 11 is 11.8. The van der Waals surface area contributed by atoms with E-state index < -0.39 is 0 Å². The van der Waals surface area contributed by atoms with E-state index in [1.54, 1.807) is 12.1 Å². The van der Waals surface area contributed by atoms with E-state index in [0.717, 1.165) is 17.7 Å². The third kappa shape index (κ3) is 2.33. The van der Waals surface area contributed by atoms with E-state index in [-0.39, 0.29) is 6.04 Å². The third-order valence-corrected chi connectivity index (χ3v) is 3.20. The minimum atomic E-state index is -0.169. The van der Waals surface area contributed by atoms with Crippen molar-refractivity contribution < 1.29 is 4.74 Å². The molecule has 1 unspecified atom stereocenters. The molecule has 0 aliphatic carbocycles. The summed E-state index contributed by atoms with van der Waals surface area (Å²) in [6, 6.07) is 5.24. The first-order valence-electron chi connectivity index (χ1n) is 4.96. The minimum Gasteiger partial charge on any atom is -0.496 e. The zero-order chi connectivity index (χ0) is 11.5. The van der Waals surface area contributed by atoms with Gasteiger partial charge in [0.2, 0.25) is 0 Å². The average molecular weight is 259 g/mol. The van der Waals surface area contributed by atoms with Gasteiger partial charge in [0.15, 0.2) is 0 Å². The average Bonchev–Trinajstić information content (AvgIpc) is 2.78. The van der Waals surface area contributed by atoms with Crippen LogP contribution in [0.25, 0.3) is 0 Å². The molecule has 0 radical (unpaired) electrons. The lowest BCUT2D eigenvalue weighted by Crippen LogP contribution is -2.29. The molecule has 0 fully saturated rings.